The molecule has 0 N–H and O–H groups in total. The highest BCUT2D eigenvalue weighted by Gasteiger charge is 2.35. The molecule has 0 fully saturated rings. The molecule has 2 aliphatic heterocycles. The number of amides is 2. The monoisotopic (exact) mass is 423 g/mol. The summed E-state index contributed by atoms with van der Waals surface area (Å²) in [6.45, 7) is 1.83. The number of fused-ring (bicyclic) bond motifs is 4. The van der Waals surface area contributed by atoms with Gasteiger partial charge in [-0.25, -0.2) is 0 Å². The number of hydrogen-bond donors (Lipinski definition) is 0. The second-order valence-electron chi connectivity index (χ2n) is 6.57. The molecule has 2 aliphatic rings. The fourth-order valence-electron chi connectivity index (χ4n) is 3.84. The maximum Gasteiger partial charge on any atom is 0.261 e. The molecule has 0 saturated carbocycles. The van der Waals surface area contributed by atoms with Crippen LogP contribution in [0, 0.1) is 0 Å². The lowest BCUT2D eigenvalue weighted by Gasteiger charge is -2.15. The average molecular weight is 424 g/mol. The SMILES string of the molecule is CC(=O)N1Cc2c(cc3c(Br)cc4c(c3c2-c2ccccc2)OCO4)C1=O. The molecule has 0 aliphatic carbocycles. The molecule has 0 saturated heterocycles. The first-order chi connectivity index (χ1) is 13.1. The second kappa shape index (κ2) is 5.82. The van der Waals surface area contributed by atoms with Crippen LogP contribution in [0.2, 0.25) is 0 Å². The Balaban J connectivity index is 1.94. The third kappa shape index (κ3) is 2.29. The molecule has 5 rings (SSSR count). The smallest absolute Gasteiger partial charge is 0.261 e. The van der Waals surface area contributed by atoms with E-state index in [1.54, 1.807) is 0 Å². The zero-order valence-corrected chi connectivity index (χ0v) is 16.0. The topological polar surface area (TPSA) is 55.8 Å². The van der Waals surface area contributed by atoms with E-state index < -0.39 is 0 Å². The Kier molecular flexibility index (Phi) is 3.52. The quantitative estimate of drug-likeness (QED) is 0.577. The van der Waals surface area contributed by atoms with Crippen LogP contribution in [0.15, 0.2) is 46.9 Å². The van der Waals surface area contributed by atoms with Gasteiger partial charge < -0.3 is 9.47 Å². The Morgan fingerprint density at radius 1 is 1.15 bits per heavy atom. The highest BCUT2D eigenvalue weighted by Crippen LogP contribution is 2.50. The van der Waals surface area contributed by atoms with Crippen molar-refractivity contribution in [1.29, 1.82) is 0 Å². The molecule has 2 amide bonds. The van der Waals surface area contributed by atoms with E-state index in [9.17, 15) is 9.59 Å². The maximum absolute atomic E-state index is 12.8. The van der Waals surface area contributed by atoms with Crippen molar-refractivity contribution in [2.24, 2.45) is 0 Å². The van der Waals surface area contributed by atoms with Crippen molar-refractivity contribution < 1.29 is 19.1 Å². The van der Waals surface area contributed by atoms with Gasteiger partial charge in [-0.05, 0) is 28.8 Å². The van der Waals surface area contributed by atoms with E-state index in [0.29, 0.717) is 17.1 Å². The fraction of sp³-hybridized carbons (Fsp3) is 0.143. The van der Waals surface area contributed by atoms with Gasteiger partial charge in [0.1, 0.15) is 0 Å². The molecule has 0 spiro atoms. The summed E-state index contributed by atoms with van der Waals surface area (Å²) < 4.78 is 12.2. The van der Waals surface area contributed by atoms with Crippen LogP contribution >= 0.6 is 15.9 Å². The molecule has 0 aromatic heterocycles. The van der Waals surface area contributed by atoms with Crippen molar-refractivity contribution in [3.05, 3.63) is 58.1 Å². The summed E-state index contributed by atoms with van der Waals surface area (Å²) in [5, 5.41) is 1.75. The van der Waals surface area contributed by atoms with Gasteiger partial charge in [0.25, 0.3) is 5.91 Å². The van der Waals surface area contributed by atoms with Gasteiger partial charge in [-0.2, -0.15) is 0 Å². The number of carbonyl (C=O) groups is 2. The van der Waals surface area contributed by atoms with Gasteiger partial charge in [0.15, 0.2) is 11.5 Å². The highest BCUT2D eigenvalue weighted by molar-refractivity contribution is 9.10. The first-order valence-corrected chi connectivity index (χ1v) is 9.31. The predicted molar refractivity (Wildman–Crippen MR) is 104 cm³/mol. The van der Waals surface area contributed by atoms with Crippen molar-refractivity contribution in [1.82, 2.24) is 4.90 Å². The van der Waals surface area contributed by atoms with Crippen molar-refractivity contribution in [3.8, 4) is 22.6 Å². The first-order valence-electron chi connectivity index (χ1n) is 8.52. The molecule has 0 radical (unpaired) electrons. The maximum atomic E-state index is 12.8. The zero-order chi connectivity index (χ0) is 18.7. The molecule has 5 nitrogen and oxygen atoms in total. The summed E-state index contributed by atoms with van der Waals surface area (Å²) in [7, 11) is 0. The minimum atomic E-state index is -0.263. The van der Waals surface area contributed by atoms with E-state index in [1.807, 2.05) is 42.5 Å². The van der Waals surface area contributed by atoms with Crippen molar-refractivity contribution in [3.63, 3.8) is 0 Å². The molecule has 134 valence electrons. The second-order valence-corrected chi connectivity index (χ2v) is 7.42. The third-order valence-electron chi connectivity index (χ3n) is 5.05. The summed E-state index contributed by atoms with van der Waals surface area (Å²) in [6.07, 6.45) is 0. The van der Waals surface area contributed by atoms with Gasteiger partial charge in [0.05, 0.1) is 6.54 Å². The van der Waals surface area contributed by atoms with E-state index in [-0.39, 0.29) is 25.2 Å². The van der Waals surface area contributed by atoms with Gasteiger partial charge in [-0.15, -0.1) is 0 Å². The normalized spacial score (nSPS) is 14.7. The lowest BCUT2D eigenvalue weighted by molar-refractivity contribution is -0.126. The van der Waals surface area contributed by atoms with Crippen LogP contribution in [0.3, 0.4) is 0 Å². The molecule has 2 heterocycles. The summed E-state index contributed by atoms with van der Waals surface area (Å²) in [5.41, 5.74) is 3.26. The van der Waals surface area contributed by atoms with E-state index in [4.69, 9.17) is 9.47 Å². The van der Waals surface area contributed by atoms with Gasteiger partial charge in [-0.1, -0.05) is 46.3 Å². The summed E-state index contributed by atoms with van der Waals surface area (Å²) >= 11 is 3.60. The van der Waals surface area contributed by atoms with Gasteiger partial charge >= 0.3 is 0 Å². The lowest BCUT2D eigenvalue weighted by atomic mass is 9.90. The number of halogens is 1. The zero-order valence-electron chi connectivity index (χ0n) is 14.4. The molecule has 0 bridgehead atoms. The standard InChI is InChI=1S/C21H14BrNO4/c1-11(24)23-9-15-13(21(23)25)7-14-16(22)8-17-20(27-10-26-17)19(14)18(15)12-5-3-2-4-6-12/h2-8H,9-10H2,1H3. The first kappa shape index (κ1) is 16.3. The van der Waals surface area contributed by atoms with Crippen molar-refractivity contribution >= 4 is 38.5 Å². The Hall–Kier alpha value is -2.86. The van der Waals surface area contributed by atoms with Crippen LogP contribution in [0.4, 0.5) is 0 Å². The molecular weight excluding hydrogens is 410 g/mol. The Morgan fingerprint density at radius 3 is 2.67 bits per heavy atom. The van der Waals surface area contributed by atoms with Gasteiger partial charge in [-0.3, -0.25) is 14.5 Å². The van der Waals surface area contributed by atoms with Crippen molar-refractivity contribution in [2.45, 2.75) is 13.5 Å². The van der Waals surface area contributed by atoms with Crippen LogP contribution < -0.4 is 9.47 Å². The number of ether oxygens (including phenoxy) is 2. The number of hydrogen-bond acceptors (Lipinski definition) is 4. The van der Waals surface area contributed by atoms with E-state index in [2.05, 4.69) is 15.9 Å². The van der Waals surface area contributed by atoms with Crippen LogP contribution in [0.1, 0.15) is 22.8 Å². The Labute approximate surface area is 163 Å². The van der Waals surface area contributed by atoms with Crippen LogP contribution in [-0.4, -0.2) is 23.5 Å². The van der Waals surface area contributed by atoms with Crippen LogP contribution in [0.5, 0.6) is 11.5 Å². The minimum absolute atomic E-state index is 0.157. The van der Waals surface area contributed by atoms with Crippen LogP contribution in [0.25, 0.3) is 21.9 Å². The molecule has 27 heavy (non-hydrogen) atoms. The number of imide groups is 1. The molecule has 3 aromatic rings. The minimum Gasteiger partial charge on any atom is -0.454 e. The summed E-state index contributed by atoms with van der Waals surface area (Å²) in [4.78, 5) is 26.1. The number of carbonyl (C=O) groups excluding carboxylic acids is 2. The Morgan fingerprint density at radius 2 is 1.93 bits per heavy atom. The number of benzene rings is 3. The average Bonchev–Trinajstić information content (AvgIpc) is 3.25. The third-order valence-corrected chi connectivity index (χ3v) is 5.71. The van der Waals surface area contributed by atoms with E-state index >= 15 is 0 Å². The predicted octanol–water partition coefficient (Wildman–Crippen LogP) is 4.50. The van der Waals surface area contributed by atoms with Gasteiger partial charge in [0.2, 0.25) is 12.7 Å². The summed E-state index contributed by atoms with van der Waals surface area (Å²) in [6, 6.07) is 13.5. The largest absolute Gasteiger partial charge is 0.454 e. The number of nitrogens with zero attached hydrogens (tertiary/aromatic N) is 1. The van der Waals surface area contributed by atoms with Gasteiger partial charge in [0, 0.05) is 27.7 Å². The van der Waals surface area contributed by atoms with Crippen molar-refractivity contribution in [2.75, 3.05) is 6.79 Å². The molecule has 0 unspecified atom stereocenters. The summed E-state index contributed by atoms with van der Waals surface area (Å²) in [5.74, 6) is 0.812. The van der Waals surface area contributed by atoms with E-state index in [1.165, 1.54) is 11.8 Å². The van der Waals surface area contributed by atoms with Crippen LogP contribution in [-0.2, 0) is 11.3 Å². The molecular formula is C21H14BrNO4. The lowest BCUT2D eigenvalue weighted by Crippen LogP contribution is -2.28. The Bertz CT molecular complexity index is 1140. The highest BCUT2D eigenvalue weighted by atomic mass is 79.9. The molecule has 0 atom stereocenters. The molecule has 3 aromatic carbocycles. The van der Waals surface area contributed by atoms with E-state index in [0.717, 1.165) is 31.9 Å². The molecule has 6 heteroatoms. The number of rotatable bonds is 1. The fourth-order valence-corrected chi connectivity index (χ4v) is 4.36.